The first-order valence-electron chi connectivity index (χ1n) is 7.14. The Hall–Kier alpha value is -1.10. The average molecular weight is 296 g/mol. The smallest absolute Gasteiger partial charge is 0.177 e. The second kappa shape index (κ2) is 5.35. The molecule has 0 N–H and O–H groups in total. The number of pyridine rings is 1. The summed E-state index contributed by atoms with van der Waals surface area (Å²) >= 11 is 0. The van der Waals surface area contributed by atoms with E-state index in [1.54, 1.807) is 6.07 Å². The Balaban J connectivity index is 2.21. The van der Waals surface area contributed by atoms with Gasteiger partial charge in [0.15, 0.2) is 9.84 Å². The molecular weight excluding hydrogens is 272 g/mol. The number of hydrogen-bond acceptors (Lipinski definition) is 4. The van der Waals surface area contributed by atoms with Gasteiger partial charge in [0.25, 0.3) is 0 Å². The third-order valence-corrected chi connectivity index (χ3v) is 5.29. The van der Waals surface area contributed by atoms with Crippen LogP contribution in [0.2, 0.25) is 0 Å². The summed E-state index contributed by atoms with van der Waals surface area (Å²) in [5, 5.41) is 0. The lowest BCUT2D eigenvalue weighted by molar-refractivity contribution is 0.176. The lowest BCUT2D eigenvalue weighted by Crippen LogP contribution is -2.61. The van der Waals surface area contributed by atoms with Crippen molar-refractivity contribution in [1.29, 1.82) is 0 Å². The van der Waals surface area contributed by atoms with E-state index in [4.69, 9.17) is 0 Å². The number of aromatic nitrogens is 1. The standard InChI is InChI=1S/C15H24N2O2S/c1-10(2)13-9-17(15(13)11(3)4)14-7-6-12(8-16-14)20(5,18)19/h6-8,10-11,13,15H,9H2,1-5H3/t13-,15+/m1/s1. The Labute approximate surface area is 122 Å². The van der Waals surface area contributed by atoms with Crippen molar-refractivity contribution in [3.63, 3.8) is 0 Å². The van der Waals surface area contributed by atoms with E-state index in [1.165, 1.54) is 12.5 Å². The van der Waals surface area contributed by atoms with Crippen LogP contribution in [-0.2, 0) is 9.84 Å². The second-order valence-electron chi connectivity index (χ2n) is 6.42. The molecule has 0 bridgehead atoms. The van der Waals surface area contributed by atoms with Gasteiger partial charge < -0.3 is 4.90 Å². The predicted octanol–water partition coefficient (Wildman–Crippen LogP) is 2.60. The molecule has 20 heavy (non-hydrogen) atoms. The molecule has 2 heterocycles. The molecule has 1 aliphatic rings. The van der Waals surface area contributed by atoms with Gasteiger partial charge in [0.05, 0.1) is 4.90 Å². The molecule has 0 aromatic carbocycles. The van der Waals surface area contributed by atoms with Gasteiger partial charge in [-0.25, -0.2) is 13.4 Å². The van der Waals surface area contributed by atoms with Crippen molar-refractivity contribution in [3.8, 4) is 0 Å². The van der Waals surface area contributed by atoms with Crippen LogP contribution in [0.4, 0.5) is 5.82 Å². The average Bonchev–Trinajstić information content (AvgIpc) is 2.25. The van der Waals surface area contributed by atoms with E-state index in [9.17, 15) is 8.42 Å². The van der Waals surface area contributed by atoms with Gasteiger partial charge in [-0.05, 0) is 29.9 Å². The maximum absolute atomic E-state index is 11.5. The van der Waals surface area contributed by atoms with E-state index in [2.05, 4.69) is 37.6 Å². The van der Waals surface area contributed by atoms with Gasteiger partial charge in [0, 0.05) is 25.0 Å². The minimum atomic E-state index is -3.17. The molecule has 1 aliphatic heterocycles. The van der Waals surface area contributed by atoms with Crippen molar-refractivity contribution in [3.05, 3.63) is 18.3 Å². The van der Waals surface area contributed by atoms with Crippen molar-refractivity contribution in [2.45, 2.75) is 38.6 Å². The molecule has 2 rings (SSSR count). The summed E-state index contributed by atoms with van der Waals surface area (Å²) in [5.74, 6) is 2.79. The van der Waals surface area contributed by atoms with E-state index in [0.717, 1.165) is 12.4 Å². The van der Waals surface area contributed by atoms with E-state index in [-0.39, 0.29) is 4.90 Å². The topological polar surface area (TPSA) is 50.3 Å². The predicted molar refractivity (Wildman–Crippen MR) is 81.6 cm³/mol. The molecule has 0 amide bonds. The fraction of sp³-hybridized carbons (Fsp3) is 0.667. The molecule has 5 heteroatoms. The molecule has 1 aromatic rings. The minimum Gasteiger partial charge on any atom is -0.353 e. The first-order chi connectivity index (χ1) is 9.21. The van der Waals surface area contributed by atoms with Crippen LogP contribution < -0.4 is 4.90 Å². The lowest BCUT2D eigenvalue weighted by atomic mass is 9.75. The van der Waals surface area contributed by atoms with Crippen LogP contribution in [0.3, 0.4) is 0 Å². The summed E-state index contributed by atoms with van der Waals surface area (Å²) in [6, 6.07) is 3.96. The normalized spacial score (nSPS) is 23.2. The Kier molecular flexibility index (Phi) is 4.09. The number of anilines is 1. The third kappa shape index (κ3) is 2.82. The van der Waals surface area contributed by atoms with Crippen LogP contribution in [0.25, 0.3) is 0 Å². The monoisotopic (exact) mass is 296 g/mol. The first-order valence-corrected chi connectivity index (χ1v) is 9.03. The summed E-state index contributed by atoms with van der Waals surface area (Å²) in [4.78, 5) is 6.91. The van der Waals surface area contributed by atoms with Crippen molar-refractivity contribution in [2.75, 3.05) is 17.7 Å². The third-order valence-electron chi connectivity index (χ3n) is 4.19. The van der Waals surface area contributed by atoms with Crippen LogP contribution in [0.5, 0.6) is 0 Å². The molecule has 0 aliphatic carbocycles. The number of rotatable bonds is 4. The van der Waals surface area contributed by atoms with Gasteiger partial charge in [-0.1, -0.05) is 27.7 Å². The molecule has 1 fully saturated rings. The Bertz CT molecular complexity index is 564. The summed E-state index contributed by atoms with van der Waals surface area (Å²) in [6.07, 6.45) is 2.67. The van der Waals surface area contributed by atoms with Crippen molar-refractivity contribution in [1.82, 2.24) is 4.98 Å². The number of nitrogens with zero attached hydrogens (tertiary/aromatic N) is 2. The molecule has 112 valence electrons. The summed E-state index contributed by atoms with van der Waals surface area (Å²) in [5.41, 5.74) is 0. The zero-order valence-electron chi connectivity index (χ0n) is 12.9. The Morgan fingerprint density at radius 3 is 2.25 bits per heavy atom. The molecule has 2 atom stereocenters. The van der Waals surface area contributed by atoms with E-state index in [1.807, 2.05) is 6.07 Å². The Morgan fingerprint density at radius 1 is 1.20 bits per heavy atom. The van der Waals surface area contributed by atoms with Crippen molar-refractivity contribution in [2.24, 2.45) is 17.8 Å². The zero-order chi connectivity index (χ0) is 15.1. The quantitative estimate of drug-likeness (QED) is 0.857. The maximum atomic E-state index is 11.5. The van der Waals surface area contributed by atoms with Crippen molar-refractivity contribution >= 4 is 15.7 Å². The van der Waals surface area contributed by atoms with Crippen LogP contribution in [0.15, 0.2) is 23.2 Å². The molecule has 0 saturated carbocycles. The van der Waals surface area contributed by atoms with Gasteiger partial charge in [0.1, 0.15) is 5.82 Å². The van der Waals surface area contributed by atoms with Gasteiger partial charge >= 0.3 is 0 Å². The molecule has 0 radical (unpaired) electrons. The van der Waals surface area contributed by atoms with Crippen LogP contribution in [-0.4, -0.2) is 32.2 Å². The number of sulfone groups is 1. The highest BCUT2D eigenvalue weighted by molar-refractivity contribution is 7.90. The van der Waals surface area contributed by atoms with Crippen LogP contribution >= 0.6 is 0 Å². The molecule has 0 spiro atoms. The summed E-state index contributed by atoms with van der Waals surface area (Å²) in [7, 11) is -3.17. The van der Waals surface area contributed by atoms with Crippen molar-refractivity contribution < 1.29 is 8.42 Å². The van der Waals surface area contributed by atoms with Gasteiger partial charge in [-0.3, -0.25) is 0 Å². The van der Waals surface area contributed by atoms with E-state index >= 15 is 0 Å². The summed E-state index contributed by atoms with van der Waals surface area (Å²) < 4.78 is 22.9. The zero-order valence-corrected chi connectivity index (χ0v) is 13.7. The van der Waals surface area contributed by atoms with Gasteiger partial charge in [0.2, 0.25) is 0 Å². The van der Waals surface area contributed by atoms with Crippen LogP contribution in [0, 0.1) is 17.8 Å². The highest BCUT2D eigenvalue weighted by Crippen LogP contribution is 2.38. The minimum absolute atomic E-state index is 0.281. The number of hydrogen-bond donors (Lipinski definition) is 0. The first kappa shape index (κ1) is 15.3. The molecule has 1 aromatic heterocycles. The Morgan fingerprint density at radius 2 is 1.85 bits per heavy atom. The fourth-order valence-electron chi connectivity index (χ4n) is 3.02. The second-order valence-corrected chi connectivity index (χ2v) is 8.43. The van der Waals surface area contributed by atoms with Crippen LogP contribution in [0.1, 0.15) is 27.7 Å². The SMILES string of the molecule is CC(C)[C@H]1CN(c2ccc(S(C)(=O)=O)cn2)[C@H]1C(C)C. The maximum Gasteiger partial charge on any atom is 0.177 e. The molecule has 0 unspecified atom stereocenters. The highest BCUT2D eigenvalue weighted by atomic mass is 32.2. The van der Waals surface area contributed by atoms with Gasteiger partial charge in [-0.2, -0.15) is 0 Å². The van der Waals surface area contributed by atoms with Gasteiger partial charge in [-0.15, -0.1) is 0 Å². The lowest BCUT2D eigenvalue weighted by Gasteiger charge is -2.53. The molecule has 1 saturated heterocycles. The molecule has 4 nitrogen and oxygen atoms in total. The fourth-order valence-corrected chi connectivity index (χ4v) is 3.58. The highest BCUT2D eigenvalue weighted by Gasteiger charge is 2.42. The molecular formula is C15H24N2O2S. The largest absolute Gasteiger partial charge is 0.353 e. The van der Waals surface area contributed by atoms with E-state index in [0.29, 0.717) is 23.8 Å². The van der Waals surface area contributed by atoms with E-state index < -0.39 is 9.84 Å². The summed E-state index contributed by atoms with van der Waals surface area (Å²) in [6.45, 7) is 10.00.